The number of nitrogens with one attached hydrogen (secondary N) is 2. The van der Waals surface area contributed by atoms with Crippen LogP contribution in [0.25, 0.3) is 22.4 Å². The molecule has 0 saturated heterocycles. The Kier molecular flexibility index (Phi) is 6.97. The van der Waals surface area contributed by atoms with E-state index in [2.05, 4.69) is 20.0 Å². The summed E-state index contributed by atoms with van der Waals surface area (Å²) in [5, 5.41) is 3.29. The fraction of sp³-hybridized carbons (Fsp3) is 0.250. The van der Waals surface area contributed by atoms with Gasteiger partial charge in [-0.25, -0.2) is 18.4 Å². The number of amides is 1. The average Bonchev–Trinajstić information content (AvgIpc) is 3.22. The van der Waals surface area contributed by atoms with Crippen molar-refractivity contribution in [1.29, 1.82) is 0 Å². The molecule has 2 heterocycles. The van der Waals surface area contributed by atoms with Gasteiger partial charge in [-0.3, -0.25) is 18.9 Å². The third-order valence-electron chi connectivity index (χ3n) is 5.46. The van der Waals surface area contributed by atoms with Crippen LogP contribution in [0.4, 0.5) is 5.69 Å². The lowest BCUT2D eigenvalue weighted by Crippen LogP contribution is -2.27. The zero-order chi connectivity index (χ0) is 25.0. The zero-order valence-corrected chi connectivity index (χ0v) is 20.1. The van der Waals surface area contributed by atoms with Gasteiger partial charge in [0.05, 0.1) is 40.8 Å². The van der Waals surface area contributed by atoms with Crippen molar-refractivity contribution in [1.82, 2.24) is 19.9 Å². The third kappa shape index (κ3) is 5.57. The predicted octanol–water partition coefficient (Wildman–Crippen LogP) is 2.83. The summed E-state index contributed by atoms with van der Waals surface area (Å²) in [6.45, 7) is 3.59. The molecule has 0 saturated carbocycles. The van der Waals surface area contributed by atoms with Gasteiger partial charge in [-0.2, -0.15) is 0 Å². The summed E-state index contributed by atoms with van der Waals surface area (Å²) < 4.78 is 33.7. The number of aromatic nitrogens is 3. The van der Waals surface area contributed by atoms with E-state index in [0.29, 0.717) is 33.6 Å². The number of benzene rings is 2. The fourth-order valence-electron chi connectivity index (χ4n) is 3.46. The summed E-state index contributed by atoms with van der Waals surface area (Å²) in [6, 6.07) is 13.9. The number of carbonyl (C=O) groups excluding carboxylic acids is 1. The van der Waals surface area contributed by atoms with E-state index in [1.165, 1.54) is 10.9 Å². The molecule has 2 N–H and O–H groups in total. The largest absolute Gasteiger partial charge is 0.441 e. The fourth-order valence-corrected chi connectivity index (χ4v) is 4.12. The lowest BCUT2D eigenvalue weighted by atomic mass is 10.2. The van der Waals surface area contributed by atoms with Crippen LogP contribution in [-0.4, -0.2) is 34.6 Å². The minimum Gasteiger partial charge on any atom is -0.441 e. The van der Waals surface area contributed by atoms with Crippen LogP contribution in [0.15, 0.2) is 64.1 Å². The second kappa shape index (κ2) is 10.1. The SMILES string of the molecule is CCS(=O)(=O)Nc1ccccc1-c1nc(CNC(=O)CCn2cnc3ccccc3c2=O)c(C)o1. The maximum atomic E-state index is 12.6. The van der Waals surface area contributed by atoms with Crippen LogP contribution < -0.4 is 15.6 Å². The van der Waals surface area contributed by atoms with E-state index in [9.17, 15) is 18.0 Å². The molecule has 10 nitrogen and oxygen atoms in total. The molecule has 11 heteroatoms. The Morgan fingerprint density at radius 3 is 2.66 bits per heavy atom. The Balaban J connectivity index is 1.41. The number of fused-ring (bicyclic) bond motifs is 1. The summed E-state index contributed by atoms with van der Waals surface area (Å²) in [5.41, 5.74) is 1.79. The molecule has 0 unspecified atom stereocenters. The first-order valence-corrected chi connectivity index (χ1v) is 12.7. The normalized spacial score (nSPS) is 11.5. The lowest BCUT2D eigenvalue weighted by Gasteiger charge is -2.09. The number of nitrogens with zero attached hydrogens (tertiary/aromatic N) is 3. The summed E-state index contributed by atoms with van der Waals surface area (Å²) in [5.74, 6) is 0.424. The topological polar surface area (TPSA) is 136 Å². The number of aryl methyl sites for hydroxylation is 2. The molecule has 0 aliphatic rings. The Labute approximate surface area is 202 Å². The first-order chi connectivity index (χ1) is 16.8. The van der Waals surface area contributed by atoms with Crippen molar-refractivity contribution in [2.75, 3.05) is 10.5 Å². The molecule has 4 aromatic rings. The Morgan fingerprint density at radius 2 is 1.86 bits per heavy atom. The van der Waals surface area contributed by atoms with Crippen molar-refractivity contribution in [3.05, 3.63) is 76.7 Å². The van der Waals surface area contributed by atoms with Crippen molar-refractivity contribution >= 4 is 32.5 Å². The molecular weight excluding hydrogens is 470 g/mol. The van der Waals surface area contributed by atoms with Crippen molar-refractivity contribution in [3.8, 4) is 11.5 Å². The number of anilines is 1. The van der Waals surface area contributed by atoms with Crippen LogP contribution in [0, 0.1) is 6.92 Å². The molecule has 4 rings (SSSR count). The molecule has 0 spiro atoms. The predicted molar refractivity (Wildman–Crippen MR) is 132 cm³/mol. The van der Waals surface area contributed by atoms with Crippen LogP contribution in [-0.2, 0) is 27.9 Å². The highest BCUT2D eigenvalue weighted by Crippen LogP contribution is 2.29. The van der Waals surface area contributed by atoms with E-state index in [0.717, 1.165) is 0 Å². The Hall–Kier alpha value is -3.99. The van der Waals surface area contributed by atoms with Crippen LogP contribution in [0.5, 0.6) is 0 Å². The van der Waals surface area contributed by atoms with Gasteiger partial charge in [0.25, 0.3) is 5.56 Å². The molecule has 0 bridgehead atoms. The van der Waals surface area contributed by atoms with E-state index >= 15 is 0 Å². The van der Waals surface area contributed by atoms with Gasteiger partial charge in [0, 0.05) is 13.0 Å². The van der Waals surface area contributed by atoms with Gasteiger partial charge >= 0.3 is 0 Å². The first-order valence-electron chi connectivity index (χ1n) is 11.0. The maximum Gasteiger partial charge on any atom is 0.261 e. The summed E-state index contributed by atoms with van der Waals surface area (Å²) in [6.07, 6.45) is 1.53. The van der Waals surface area contributed by atoms with Gasteiger partial charge in [-0.15, -0.1) is 0 Å². The number of hydrogen-bond acceptors (Lipinski definition) is 7. The van der Waals surface area contributed by atoms with Crippen molar-refractivity contribution in [2.45, 2.75) is 33.4 Å². The number of carbonyl (C=O) groups is 1. The summed E-state index contributed by atoms with van der Waals surface area (Å²) in [7, 11) is -3.48. The molecule has 2 aromatic carbocycles. The highest BCUT2D eigenvalue weighted by atomic mass is 32.2. The van der Waals surface area contributed by atoms with Crippen LogP contribution in [0.2, 0.25) is 0 Å². The molecule has 1 amide bonds. The average molecular weight is 496 g/mol. The minimum atomic E-state index is -3.48. The van der Waals surface area contributed by atoms with Crippen molar-refractivity contribution in [2.24, 2.45) is 0 Å². The van der Waals surface area contributed by atoms with Crippen molar-refractivity contribution in [3.63, 3.8) is 0 Å². The molecule has 0 fully saturated rings. The van der Waals surface area contributed by atoms with Gasteiger partial charge in [0.2, 0.25) is 21.8 Å². The number of sulfonamides is 1. The van der Waals surface area contributed by atoms with Gasteiger partial charge < -0.3 is 9.73 Å². The van der Waals surface area contributed by atoms with Gasteiger partial charge in [-0.05, 0) is 38.1 Å². The molecule has 182 valence electrons. The maximum absolute atomic E-state index is 12.6. The second-order valence-electron chi connectivity index (χ2n) is 7.86. The molecule has 0 atom stereocenters. The summed E-state index contributed by atoms with van der Waals surface area (Å²) in [4.78, 5) is 33.7. The van der Waals surface area contributed by atoms with E-state index in [1.807, 2.05) is 6.07 Å². The number of hydrogen-bond donors (Lipinski definition) is 2. The number of rotatable bonds is 9. The highest BCUT2D eigenvalue weighted by molar-refractivity contribution is 7.92. The molecule has 0 radical (unpaired) electrons. The van der Waals surface area contributed by atoms with Crippen LogP contribution in [0.3, 0.4) is 0 Å². The van der Waals surface area contributed by atoms with Gasteiger partial charge in [-0.1, -0.05) is 24.3 Å². The van der Waals surface area contributed by atoms with E-state index < -0.39 is 10.0 Å². The quantitative estimate of drug-likeness (QED) is 0.364. The smallest absolute Gasteiger partial charge is 0.261 e. The van der Waals surface area contributed by atoms with Gasteiger partial charge in [0.1, 0.15) is 11.5 Å². The first kappa shape index (κ1) is 24.1. The number of oxazole rings is 1. The highest BCUT2D eigenvalue weighted by Gasteiger charge is 2.17. The van der Waals surface area contributed by atoms with Crippen LogP contribution in [0.1, 0.15) is 24.8 Å². The Morgan fingerprint density at radius 1 is 1.11 bits per heavy atom. The monoisotopic (exact) mass is 495 g/mol. The second-order valence-corrected chi connectivity index (χ2v) is 9.87. The van der Waals surface area contributed by atoms with E-state index in [-0.39, 0.29) is 42.6 Å². The Bertz CT molecular complexity index is 1540. The van der Waals surface area contributed by atoms with E-state index in [4.69, 9.17) is 4.42 Å². The standard InChI is InChI=1S/C24H25N5O5S/c1-3-35(32,33)28-20-11-7-4-8-17(20)23-27-21(16(2)34-23)14-25-22(30)12-13-29-15-26-19-10-6-5-9-18(19)24(29)31/h4-11,15,28H,3,12-14H2,1-2H3,(H,25,30). The zero-order valence-electron chi connectivity index (χ0n) is 19.3. The third-order valence-corrected chi connectivity index (χ3v) is 6.75. The van der Waals surface area contributed by atoms with Gasteiger partial charge in [0.15, 0.2) is 0 Å². The molecule has 0 aliphatic carbocycles. The lowest BCUT2D eigenvalue weighted by molar-refractivity contribution is -0.121. The van der Waals surface area contributed by atoms with Crippen molar-refractivity contribution < 1.29 is 17.6 Å². The molecule has 2 aromatic heterocycles. The van der Waals surface area contributed by atoms with E-state index in [1.54, 1.807) is 56.3 Å². The number of para-hydroxylation sites is 2. The molecule has 0 aliphatic heterocycles. The van der Waals surface area contributed by atoms with Crippen LogP contribution >= 0.6 is 0 Å². The molecule has 35 heavy (non-hydrogen) atoms. The molecular formula is C24H25N5O5S. The minimum absolute atomic E-state index is 0.0649. The summed E-state index contributed by atoms with van der Waals surface area (Å²) >= 11 is 0.